The summed E-state index contributed by atoms with van der Waals surface area (Å²) in [5.74, 6) is -0.565. The molecule has 9 heteroatoms. The lowest BCUT2D eigenvalue weighted by Crippen LogP contribution is -2.38. The molecule has 1 N–H and O–H groups in total. The minimum absolute atomic E-state index is 0.0112. The summed E-state index contributed by atoms with van der Waals surface area (Å²) >= 11 is 0. The molecule has 2 rings (SSSR count). The van der Waals surface area contributed by atoms with Crippen LogP contribution in [-0.4, -0.2) is 59.8 Å². The Labute approximate surface area is 175 Å². The first kappa shape index (κ1) is 22.9. The van der Waals surface area contributed by atoms with Crippen molar-refractivity contribution in [3.8, 4) is 5.75 Å². The normalized spacial score (nSPS) is 11.0. The van der Waals surface area contributed by atoms with Gasteiger partial charge in [-0.05, 0) is 32.9 Å². The van der Waals surface area contributed by atoms with E-state index in [0.717, 1.165) is 11.3 Å². The Kier molecular flexibility index (Phi) is 7.57. The monoisotopic (exact) mass is 416 g/mol. The second-order valence-corrected chi connectivity index (χ2v) is 7.47. The van der Waals surface area contributed by atoms with Gasteiger partial charge in [0, 0.05) is 13.2 Å². The maximum atomic E-state index is 12.4. The number of hydrogen-bond acceptors (Lipinski definition) is 6. The second-order valence-electron chi connectivity index (χ2n) is 7.47. The molecule has 0 saturated carbocycles. The number of ether oxygens (including phenoxy) is 2. The fraction of sp³-hybridized carbons (Fsp3) is 0.429. The molecule has 2 aromatic rings. The van der Waals surface area contributed by atoms with Crippen LogP contribution in [0.2, 0.25) is 0 Å². The van der Waals surface area contributed by atoms with Crippen LogP contribution in [0.25, 0.3) is 0 Å². The lowest BCUT2D eigenvalue weighted by Gasteiger charge is -2.19. The van der Waals surface area contributed by atoms with E-state index in [-0.39, 0.29) is 12.5 Å². The van der Waals surface area contributed by atoms with Crippen LogP contribution in [0.4, 0.5) is 5.69 Å². The van der Waals surface area contributed by atoms with Crippen molar-refractivity contribution in [1.82, 2.24) is 14.7 Å². The molecule has 162 valence electrons. The molecular formula is C21H28N4O5. The third-order valence-corrected chi connectivity index (χ3v) is 4.59. The van der Waals surface area contributed by atoms with E-state index in [1.165, 1.54) is 38.0 Å². The van der Waals surface area contributed by atoms with E-state index >= 15 is 0 Å². The van der Waals surface area contributed by atoms with Crippen LogP contribution >= 0.6 is 0 Å². The zero-order chi connectivity index (χ0) is 22.3. The zero-order valence-corrected chi connectivity index (χ0v) is 18.0. The molecule has 0 radical (unpaired) electrons. The molecule has 30 heavy (non-hydrogen) atoms. The van der Waals surface area contributed by atoms with Gasteiger partial charge in [-0.15, -0.1) is 0 Å². The van der Waals surface area contributed by atoms with E-state index < -0.39 is 17.3 Å². The Morgan fingerprint density at radius 1 is 1.20 bits per heavy atom. The first-order valence-corrected chi connectivity index (χ1v) is 9.49. The molecule has 1 aromatic heterocycles. The molecule has 0 spiro atoms. The van der Waals surface area contributed by atoms with Gasteiger partial charge in [-0.1, -0.05) is 17.7 Å². The molecule has 1 aromatic carbocycles. The van der Waals surface area contributed by atoms with E-state index in [1.54, 1.807) is 11.9 Å². The van der Waals surface area contributed by atoms with Gasteiger partial charge < -0.3 is 19.7 Å². The van der Waals surface area contributed by atoms with Gasteiger partial charge in [0.15, 0.2) is 0 Å². The van der Waals surface area contributed by atoms with Gasteiger partial charge in [0.2, 0.25) is 11.8 Å². The van der Waals surface area contributed by atoms with Crippen molar-refractivity contribution < 1.29 is 23.9 Å². The fourth-order valence-corrected chi connectivity index (χ4v) is 2.47. The van der Waals surface area contributed by atoms with E-state index in [9.17, 15) is 14.4 Å². The number of nitrogens with zero attached hydrogens (tertiary/aromatic N) is 3. The van der Waals surface area contributed by atoms with E-state index in [0.29, 0.717) is 18.8 Å². The predicted octanol–water partition coefficient (Wildman–Crippen LogP) is 1.87. The Balaban J connectivity index is 1.82. The lowest BCUT2D eigenvalue weighted by molar-refractivity contribution is -0.154. The number of anilines is 1. The summed E-state index contributed by atoms with van der Waals surface area (Å²) in [4.78, 5) is 37.9. The number of methoxy groups -OCH3 is 1. The average molecular weight is 416 g/mol. The highest BCUT2D eigenvalue weighted by atomic mass is 16.5. The Bertz CT molecular complexity index is 889. The molecular weight excluding hydrogens is 388 g/mol. The number of benzene rings is 1. The number of amides is 2. The fourth-order valence-electron chi connectivity index (χ4n) is 2.47. The number of hydrogen-bond donors (Lipinski definition) is 1. The van der Waals surface area contributed by atoms with Crippen LogP contribution in [0.5, 0.6) is 5.75 Å². The maximum absolute atomic E-state index is 12.4. The van der Waals surface area contributed by atoms with Crippen LogP contribution in [0.15, 0.2) is 36.7 Å². The van der Waals surface area contributed by atoms with Gasteiger partial charge in [-0.25, -0.2) is 0 Å². The maximum Gasteiger partial charge on any atom is 0.320 e. The molecule has 0 aliphatic rings. The van der Waals surface area contributed by atoms with Crippen molar-refractivity contribution in [2.75, 3.05) is 32.6 Å². The minimum atomic E-state index is -1.34. The minimum Gasteiger partial charge on any atom is -0.492 e. The summed E-state index contributed by atoms with van der Waals surface area (Å²) in [6, 6.07) is 7.70. The Morgan fingerprint density at radius 3 is 2.50 bits per heavy atom. The quantitative estimate of drug-likeness (QED) is 0.494. The number of esters is 1. The molecule has 0 unspecified atom stereocenters. The summed E-state index contributed by atoms with van der Waals surface area (Å²) < 4.78 is 11.7. The highest BCUT2D eigenvalue weighted by Crippen LogP contribution is 2.20. The molecule has 0 atom stereocenters. The molecule has 0 aliphatic carbocycles. The van der Waals surface area contributed by atoms with Crippen molar-refractivity contribution in [2.24, 2.45) is 5.41 Å². The van der Waals surface area contributed by atoms with Gasteiger partial charge in [0.25, 0.3) is 0 Å². The molecule has 0 bridgehead atoms. The standard InChI is InChI=1S/C21H28N4O5/c1-15-6-8-17(9-7-15)30-11-10-24(4)18(26)14-25-13-16(12-22-25)23-19(27)21(2,3)20(28)29-5/h6-9,12-13H,10-11,14H2,1-5H3,(H,23,27). The number of aromatic nitrogens is 2. The molecule has 0 saturated heterocycles. The molecule has 2 amide bonds. The number of nitrogens with one attached hydrogen (secondary N) is 1. The van der Waals surface area contributed by atoms with Crippen LogP contribution in [0.1, 0.15) is 19.4 Å². The van der Waals surface area contributed by atoms with Crippen molar-refractivity contribution in [3.05, 3.63) is 42.2 Å². The topological polar surface area (TPSA) is 103 Å². The van der Waals surface area contributed by atoms with E-state index in [1.807, 2.05) is 31.2 Å². The number of likely N-dealkylation sites (N-methyl/N-ethyl adjacent to an activating group) is 1. The van der Waals surface area contributed by atoms with Crippen molar-refractivity contribution in [2.45, 2.75) is 27.3 Å². The Morgan fingerprint density at radius 2 is 1.87 bits per heavy atom. The average Bonchev–Trinajstić information content (AvgIpc) is 3.15. The summed E-state index contributed by atoms with van der Waals surface area (Å²) in [7, 11) is 2.91. The van der Waals surface area contributed by atoms with Gasteiger partial charge >= 0.3 is 5.97 Å². The smallest absolute Gasteiger partial charge is 0.320 e. The van der Waals surface area contributed by atoms with Crippen LogP contribution < -0.4 is 10.1 Å². The van der Waals surface area contributed by atoms with E-state index in [2.05, 4.69) is 15.2 Å². The summed E-state index contributed by atoms with van der Waals surface area (Å²) in [5.41, 5.74) is 0.193. The van der Waals surface area contributed by atoms with Gasteiger partial charge in [-0.3, -0.25) is 19.1 Å². The van der Waals surface area contributed by atoms with Crippen molar-refractivity contribution in [3.63, 3.8) is 0 Å². The van der Waals surface area contributed by atoms with Crippen molar-refractivity contribution >= 4 is 23.5 Å². The number of carbonyl (C=O) groups excluding carboxylic acids is 3. The lowest BCUT2D eigenvalue weighted by atomic mass is 9.92. The van der Waals surface area contributed by atoms with E-state index in [4.69, 9.17) is 4.74 Å². The summed E-state index contributed by atoms with van der Waals surface area (Å²) in [5, 5.41) is 6.69. The molecule has 1 heterocycles. The first-order chi connectivity index (χ1) is 14.1. The number of aryl methyl sites for hydroxylation is 1. The second kappa shape index (κ2) is 9.91. The molecule has 0 aliphatic heterocycles. The molecule has 9 nitrogen and oxygen atoms in total. The Hall–Kier alpha value is -3.36. The van der Waals surface area contributed by atoms with Gasteiger partial charge in [0.1, 0.15) is 24.3 Å². The highest BCUT2D eigenvalue weighted by Gasteiger charge is 2.37. The zero-order valence-electron chi connectivity index (χ0n) is 18.0. The number of carbonyl (C=O) groups is 3. The highest BCUT2D eigenvalue weighted by molar-refractivity contribution is 6.08. The van der Waals surface area contributed by atoms with Crippen LogP contribution in [-0.2, 0) is 25.7 Å². The predicted molar refractivity (Wildman–Crippen MR) is 111 cm³/mol. The largest absolute Gasteiger partial charge is 0.492 e. The van der Waals surface area contributed by atoms with Gasteiger partial charge in [-0.2, -0.15) is 5.10 Å². The van der Waals surface area contributed by atoms with Crippen LogP contribution in [0.3, 0.4) is 0 Å². The molecule has 0 fully saturated rings. The van der Waals surface area contributed by atoms with Gasteiger partial charge in [0.05, 0.1) is 25.5 Å². The SMILES string of the molecule is COC(=O)C(C)(C)C(=O)Nc1cnn(CC(=O)N(C)CCOc2ccc(C)cc2)c1. The number of rotatable bonds is 9. The van der Waals surface area contributed by atoms with Crippen LogP contribution in [0, 0.1) is 12.3 Å². The third kappa shape index (κ3) is 6.07. The summed E-state index contributed by atoms with van der Waals surface area (Å²) in [6.07, 6.45) is 2.94. The van der Waals surface area contributed by atoms with Crippen molar-refractivity contribution in [1.29, 1.82) is 0 Å². The third-order valence-electron chi connectivity index (χ3n) is 4.59. The summed E-state index contributed by atoms with van der Waals surface area (Å²) in [6.45, 7) is 5.74. The first-order valence-electron chi connectivity index (χ1n) is 9.49.